The molecule has 0 aliphatic carbocycles. The van der Waals surface area contributed by atoms with E-state index in [1.165, 1.54) is 0 Å². The van der Waals surface area contributed by atoms with E-state index >= 15 is 0 Å². The molecule has 0 bridgehead atoms. The van der Waals surface area contributed by atoms with Crippen molar-refractivity contribution in [1.29, 1.82) is 0 Å². The Bertz CT molecular complexity index is 384. The lowest BCUT2D eigenvalue weighted by Crippen LogP contribution is -2.19. The van der Waals surface area contributed by atoms with Gasteiger partial charge >= 0.3 is 0 Å². The summed E-state index contributed by atoms with van der Waals surface area (Å²) in [6.45, 7) is 5.07. The van der Waals surface area contributed by atoms with Crippen LogP contribution in [0.25, 0.3) is 0 Å². The Morgan fingerprint density at radius 2 is 2.47 bits per heavy atom. The van der Waals surface area contributed by atoms with E-state index in [-0.39, 0.29) is 6.10 Å². The molecule has 0 amide bonds. The lowest BCUT2D eigenvalue weighted by atomic mass is 10.1. The molecule has 1 saturated heterocycles. The van der Waals surface area contributed by atoms with Crippen LogP contribution in [0.4, 0.5) is 0 Å². The quantitative estimate of drug-likeness (QED) is 0.805. The summed E-state index contributed by atoms with van der Waals surface area (Å²) in [4.78, 5) is 0. The number of nitrogens with one attached hydrogen (secondary N) is 1. The van der Waals surface area contributed by atoms with Gasteiger partial charge in [-0.25, -0.2) is 0 Å². The number of H-pyrrole nitrogens is 1. The Hall–Kier alpha value is -0.680. The maximum Gasteiger partial charge on any atom is 0.195 e. The van der Waals surface area contributed by atoms with Gasteiger partial charge in [-0.3, -0.25) is 9.67 Å². The molecule has 0 spiro atoms. The molecule has 84 valence electrons. The van der Waals surface area contributed by atoms with Crippen LogP contribution >= 0.6 is 12.2 Å². The van der Waals surface area contributed by atoms with E-state index in [0.29, 0.717) is 6.04 Å². The molecule has 5 heteroatoms. The van der Waals surface area contributed by atoms with Crippen molar-refractivity contribution in [1.82, 2.24) is 14.8 Å². The van der Waals surface area contributed by atoms with E-state index < -0.39 is 0 Å². The molecule has 4 nitrogen and oxygen atoms in total. The first-order valence-corrected chi connectivity index (χ1v) is 5.92. The van der Waals surface area contributed by atoms with Crippen molar-refractivity contribution in [2.45, 2.75) is 45.3 Å². The van der Waals surface area contributed by atoms with Gasteiger partial charge in [0.2, 0.25) is 0 Å². The average molecular weight is 227 g/mol. The zero-order chi connectivity index (χ0) is 10.8. The molecule has 0 aromatic carbocycles. The second-order valence-corrected chi connectivity index (χ2v) is 4.38. The molecule has 1 aromatic rings. The van der Waals surface area contributed by atoms with E-state index in [9.17, 15) is 0 Å². The minimum Gasteiger partial charge on any atom is -0.376 e. The molecule has 0 radical (unpaired) electrons. The van der Waals surface area contributed by atoms with Crippen LogP contribution in [0.2, 0.25) is 0 Å². The maximum atomic E-state index is 5.57. The zero-order valence-corrected chi connectivity index (χ0v) is 10.0. The van der Waals surface area contributed by atoms with Crippen LogP contribution in [-0.4, -0.2) is 27.5 Å². The summed E-state index contributed by atoms with van der Waals surface area (Å²) in [6, 6.07) is 0.359. The minimum absolute atomic E-state index is 0.241. The van der Waals surface area contributed by atoms with Gasteiger partial charge in [-0.2, -0.15) is 5.10 Å². The van der Waals surface area contributed by atoms with Crippen molar-refractivity contribution in [2.24, 2.45) is 0 Å². The molecule has 1 N–H and O–H groups in total. The summed E-state index contributed by atoms with van der Waals surface area (Å²) in [5.74, 6) is 1.06. The Kier molecular flexibility index (Phi) is 3.21. The average Bonchev–Trinajstić information content (AvgIpc) is 2.75. The van der Waals surface area contributed by atoms with Crippen LogP contribution in [0, 0.1) is 4.77 Å². The Labute approximate surface area is 94.6 Å². The van der Waals surface area contributed by atoms with Crippen LogP contribution in [0.15, 0.2) is 0 Å². The number of aromatic nitrogens is 3. The number of nitrogens with zero attached hydrogens (tertiary/aromatic N) is 2. The van der Waals surface area contributed by atoms with Crippen LogP contribution in [-0.2, 0) is 11.2 Å². The van der Waals surface area contributed by atoms with Gasteiger partial charge in [0.1, 0.15) is 5.82 Å². The number of rotatable bonds is 3. The maximum absolute atomic E-state index is 5.57. The molecular weight excluding hydrogens is 210 g/mol. The highest BCUT2D eigenvalue weighted by atomic mass is 32.1. The van der Waals surface area contributed by atoms with Crippen molar-refractivity contribution < 1.29 is 4.74 Å². The van der Waals surface area contributed by atoms with Gasteiger partial charge in [0.25, 0.3) is 0 Å². The third-order valence-electron chi connectivity index (χ3n) is 2.92. The molecule has 1 aliphatic heterocycles. The Balaban J connectivity index is 2.32. The normalized spacial score (nSPS) is 26.0. The number of ether oxygens (including phenoxy) is 1. The highest BCUT2D eigenvalue weighted by Gasteiger charge is 2.28. The molecule has 1 fully saturated rings. The number of aryl methyl sites for hydroxylation is 1. The van der Waals surface area contributed by atoms with Crippen LogP contribution in [0.3, 0.4) is 0 Å². The van der Waals surface area contributed by atoms with Crippen LogP contribution < -0.4 is 0 Å². The van der Waals surface area contributed by atoms with Crippen molar-refractivity contribution in [2.75, 3.05) is 6.61 Å². The highest BCUT2D eigenvalue weighted by molar-refractivity contribution is 7.71. The van der Waals surface area contributed by atoms with E-state index in [0.717, 1.165) is 36.5 Å². The fourth-order valence-corrected chi connectivity index (χ4v) is 2.43. The van der Waals surface area contributed by atoms with Gasteiger partial charge in [-0.05, 0) is 32.0 Å². The largest absolute Gasteiger partial charge is 0.376 e. The first kappa shape index (κ1) is 10.8. The van der Waals surface area contributed by atoms with E-state index in [2.05, 4.69) is 28.6 Å². The fourth-order valence-electron chi connectivity index (χ4n) is 2.14. The molecule has 2 atom stereocenters. The summed E-state index contributed by atoms with van der Waals surface area (Å²) >= 11 is 5.27. The lowest BCUT2D eigenvalue weighted by molar-refractivity contribution is 0.107. The lowest BCUT2D eigenvalue weighted by Gasteiger charge is -2.17. The monoisotopic (exact) mass is 227 g/mol. The first-order chi connectivity index (χ1) is 7.24. The van der Waals surface area contributed by atoms with Gasteiger partial charge in [0.15, 0.2) is 4.77 Å². The summed E-state index contributed by atoms with van der Waals surface area (Å²) in [6.07, 6.45) is 3.33. The van der Waals surface area contributed by atoms with Gasteiger partial charge in [0.05, 0.1) is 12.1 Å². The van der Waals surface area contributed by atoms with Gasteiger partial charge < -0.3 is 4.74 Å². The second-order valence-electron chi connectivity index (χ2n) is 4.00. The van der Waals surface area contributed by atoms with Gasteiger partial charge in [-0.1, -0.05) is 6.92 Å². The number of aromatic amines is 1. The van der Waals surface area contributed by atoms with Crippen molar-refractivity contribution in [3.05, 3.63) is 10.6 Å². The highest BCUT2D eigenvalue weighted by Crippen LogP contribution is 2.27. The fraction of sp³-hybridized carbons (Fsp3) is 0.800. The van der Waals surface area contributed by atoms with Crippen molar-refractivity contribution >= 4 is 12.2 Å². The molecule has 2 rings (SSSR count). The predicted molar refractivity (Wildman–Crippen MR) is 60.5 cm³/mol. The van der Waals surface area contributed by atoms with Gasteiger partial charge in [0, 0.05) is 13.0 Å². The molecular formula is C10H17N3OS. The summed E-state index contributed by atoms with van der Waals surface area (Å²) in [5.41, 5.74) is 0. The third kappa shape index (κ3) is 1.99. The van der Waals surface area contributed by atoms with Gasteiger partial charge in [-0.15, -0.1) is 0 Å². The van der Waals surface area contributed by atoms with E-state index in [1.54, 1.807) is 0 Å². The molecule has 2 heterocycles. The van der Waals surface area contributed by atoms with Crippen molar-refractivity contribution in [3.8, 4) is 0 Å². The van der Waals surface area contributed by atoms with Crippen LogP contribution in [0.5, 0.6) is 0 Å². The van der Waals surface area contributed by atoms with Crippen molar-refractivity contribution in [3.63, 3.8) is 0 Å². The SMILES string of the molecule is CCCc1n[nH]c(=S)n1C1CCOC1C. The second kappa shape index (κ2) is 4.45. The molecule has 1 aromatic heterocycles. The third-order valence-corrected chi connectivity index (χ3v) is 3.21. The Morgan fingerprint density at radius 3 is 3.07 bits per heavy atom. The molecule has 2 unspecified atom stereocenters. The predicted octanol–water partition coefficient (Wildman–Crippen LogP) is 2.24. The molecule has 15 heavy (non-hydrogen) atoms. The smallest absolute Gasteiger partial charge is 0.195 e. The first-order valence-electron chi connectivity index (χ1n) is 5.51. The molecule has 0 saturated carbocycles. The van der Waals surface area contributed by atoms with E-state index in [1.807, 2.05) is 0 Å². The summed E-state index contributed by atoms with van der Waals surface area (Å²) in [5, 5.41) is 7.15. The number of hydrogen-bond acceptors (Lipinski definition) is 3. The number of hydrogen-bond donors (Lipinski definition) is 1. The standard InChI is InChI=1S/C10H17N3OS/c1-3-4-9-11-12-10(15)13(9)8-5-6-14-7(8)2/h7-8H,3-6H2,1-2H3,(H,12,15). The topological polar surface area (TPSA) is 42.8 Å². The summed E-state index contributed by atoms with van der Waals surface area (Å²) < 4.78 is 8.43. The zero-order valence-electron chi connectivity index (χ0n) is 9.19. The summed E-state index contributed by atoms with van der Waals surface area (Å²) in [7, 11) is 0. The van der Waals surface area contributed by atoms with E-state index in [4.69, 9.17) is 17.0 Å². The van der Waals surface area contributed by atoms with Crippen LogP contribution in [0.1, 0.15) is 38.6 Å². The minimum atomic E-state index is 0.241. The Morgan fingerprint density at radius 1 is 1.67 bits per heavy atom. The molecule has 1 aliphatic rings.